The molecule has 1 saturated heterocycles. The predicted molar refractivity (Wildman–Crippen MR) is 161 cm³/mol. The number of H-pyrrole nitrogens is 1. The zero-order chi connectivity index (χ0) is 27.7. The zero-order valence-corrected chi connectivity index (χ0v) is 22.9. The van der Waals surface area contributed by atoms with Crippen LogP contribution in [0.25, 0.3) is 22.2 Å². The van der Waals surface area contributed by atoms with Crippen molar-refractivity contribution >= 4 is 28.6 Å². The molecule has 1 amide bonds. The normalized spacial score (nSPS) is 13.5. The molecule has 0 unspecified atom stereocenters. The molecule has 0 spiro atoms. The van der Waals surface area contributed by atoms with Crippen molar-refractivity contribution in [1.82, 2.24) is 25.2 Å². The van der Waals surface area contributed by atoms with Gasteiger partial charge in [-0.3, -0.25) is 10.2 Å². The van der Waals surface area contributed by atoms with E-state index in [4.69, 9.17) is 11.1 Å². The van der Waals surface area contributed by atoms with Crippen LogP contribution in [0.4, 0.5) is 5.95 Å². The Balaban J connectivity index is 1.08. The Kier molecular flexibility index (Phi) is 9.03. The molecule has 2 aromatic carbocycles. The number of hydrogen-bond donors (Lipinski definition) is 5. The van der Waals surface area contributed by atoms with Crippen LogP contribution in [0.3, 0.4) is 0 Å². The third-order valence-corrected chi connectivity index (χ3v) is 7.47. The van der Waals surface area contributed by atoms with Crippen molar-refractivity contribution in [2.45, 2.75) is 38.5 Å². The number of aromatic nitrogens is 3. The van der Waals surface area contributed by atoms with Crippen molar-refractivity contribution in [1.29, 1.82) is 5.41 Å². The molecule has 1 aliphatic rings. The standard InChI is InChI=1S/C31H38N8O/c32-29(33)26-21-37-28-11-6-22(20-25(26)28)12-15-34-30(40)24-9-7-23(8-10-24)27-13-16-36-31(38-27)35-14-2-1-3-17-39-18-4-5-19-39/h6-11,13,16,20-21,37H,1-5,12,14-15,17-19H2,(H3,32,33)(H,34,40)(H,35,36,38). The molecule has 9 nitrogen and oxygen atoms in total. The molecule has 0 atom stereocenters. The zero-order valence-electron chi connectivity index (χ0n) is 22.9. The van der Waals surface area contributed by atoms with Crippen molar-refractivity contribution < 1.29 is 4.79 Å². The van der Waals surface area contributed by atoms with E-state index in [2.05, 4.69) is 30.5 Å². The fourth-order valence-electron chi connectivity index (χ4n) is 5.21. The smallest absolute Gasteiger partial charge is 0.251 e. The lowest BCUT2D eigenvalue weighted by Crippen LogP contribution is -2.25. The Morgan fingerprint density at radius 1 is 1.02 bits per heavy atom. The Morgan fingerprint density at radius 2 is 1.85 bits per heavy atom. The Bertz CT molecular complexity index is 1440. The first kappa shape index (κ1) is 27.3. The molecular formula is C31H38N8O. The number of amidine groups is 1. The molecule has 1 aliphatic heterocycles. The summed E-state index contributed by atoms with van der Waals surface area (Å²) in [5.41, 5.74) is 10.7. The van der Waals surface area contributed by atoms with Gasteiger partial charge in [0, 0.05) is 53.1 Å². The highest BCUT2D eigenvalue weighted by atomic mass is 16.1. The van der Waals surface area contributed by atoms with E-state index in [9.17, 15) is 4.79 Å². The summed E-state index contributed by atoms with van der Waals surface area (Å²) in [5.74, 6) is 0.550. The van der Waals surface area contributed by atoms with Crippen LogP contribution in [0.15, 0.2) is 60.9 Å². The van der Waals surface area contributed by atoms with E-state index in [1.165, 1.54) is 45.3 Å². The number of carbonyl (C=O) groups excluding carboxylic acids is 1. The van der Waals surface area contributed by atoms with Gasteiger partial charge in [-0.1, -0.05) is 24.6 Å². The molecule has 5 rings (SSSR count). The van der Waals surface area contributed by atoms with Crippen LogP contribution >= 0.6 is 0 Å². The molecule has 9 heteroatoms. The molecule has 6 N–H and O–H groups in total. The summed E-state index contributed by atoms with van der Waals surface area (Å²) in [6, 6.07) is 15.4. The predicted octanol–water partition coefficient (Wildman–Crippen LogP) is 4.56. The lowest BCUT2D eigenvalue weighted by molar-refractivity contribution is 0.0954. The van der Waals surface area contributed by atoms with Crippen molar-refractivity contribution in [3.05, 3.63) is 77.6 Å². The Labute approximate surface area is 235 Å². The number of nitrogens with two attached hydrogens (primary N) is 1. The van der Waals surface area contributed by atoms with E-state index in [1.807, 2.05) is 48.5 Å². The number of nitrogen functional groups attached to an aromatic ring is 1. The van der Waals surface area contributed by atoms with Crippen LogP contribution in [-0.2, 0) is 6.42 Å². The number of anilines is 1. The number of rotatable bonds is 13. The van der Waals surface area contributed by atoms with Crippen LogP contribution < -0.4 is 16.4 Å². The van der Waals surface area contributed by atoms with Gasteiger partial charge in [0.05, 0.1) is 5.69 Å². The summed E-state index contributed by atoms with van der Waals surface area (Å²) in [6.45, 7) is 5.11. The number of unbranched alkanes of at least 4 members (excludes halogenated alkanes) is 2. The van der Waals surface area contributed by atoms with Crippen LogP contribution in [0.1, 0.15) is 53.6 Å². The molecule has 0 aliphatic carbocycles. The summed E-state index contributed by atoms with van der Waals surface area (Å²) in [6.07, 6.45) is 10.4. The van der Waals surface area contributed by atoms with Gasteiger partial charge in [0.1, 0.15) is 5.84 Å². The molecule has 0 bridgehead atoms. The number of carbonyl (C=O) groups is 1. The number of fused-ring (bicyclic) bond motifs is 1. The van der Waals surface area contributed by atoms with Gasteiger partial charge in [-0.25, -0.2) is 9.97 Å². The summed E-state index contributed by atoms with van der Waals surface area (Å²) in [7, 11) is 0. The molecule has 4 aromatic rings. The molecule has 40 heavy (non-hydrogen) atoms. The third kappa shape index (κ3) is 7.04. The molecule has 0 radical (unpaired) electrons. The van der Waals surface area contributed by atoms with Gasteiger partial charge in [0.25, 0.3) is 5.91 Å². The van der Waals surface area contributed by atoms with Crippen LogP contribution in [0.5, 0.6) is 0 Å². The highest BCUT2D eigenvalue weighted by molar-refractivity contribution is 6.07. The van der Waals surface area contributed by atoms with Crippen LogP contribution in [-0.4, -0.2) is 64.3 Å². The van der Waals surface area contributed by atoms with E-state index >= 15 is 0 Å². The average Bonchev–Trinajstić information content (AvgIpc) is 3.65. The molecule has 2 aromatic heterocycles. The monoisotopic (exact) mass is 538 g/mol. The first-order valence-corrected chi connectivity index (χ1v) is 14.2. The van der Waals surface area contributed by atoms with Gasteiger partial charge in [-0.05, 0) is 87.6 Å². The number of aromatic amines is 1. The van der Waals surface area contributed by atoms with E-state index in [-0.39, 0.29) is 11.7 Å². The van der Waals surface area contributed by atoms with Crippen LogP contribution in [0, 0.1) is 5.41 Å². The van der Waals surface area contributed by atoms with E-state index in [0.717, 1.165) is 40.7 Å². The Morgan fingerprint density at radius 3 is 2.65 bits per heavy atom. The van der Waals surface area contributed by atoms with E-state index < -0.39 is 0 Å². The summed E-state index contributed by atoms with van der Waals surface area (Å²) in [5, 5.41) is 15.0. The van der Waals surface area contributed by atoms with Gasteiger partial charge in [0.2, 0.25) is 5.95 Å². The number of amides is 1. The number of benzene rings is 2. The first-order chi connectivity index (χ1) is 19.6. The van der Waals surface area contributed by atoms with Crippen LogP contribution in [0.2, 0.25) is 0 Å². The molecule has 208 valence electrons. The SMILES string of the molecule is N=C(N)c1c[nH]c2ccc(CCNC(=O)c3ccc(-c4ccnc(NCCCCCN5CCCC5)n4)cc3)cc12. The number of hydrogen-bond acceptors (Lipinski definition) is 6. The highest BCUT2D eigenvalue weighted by Gasteiger charge is 2.11. The van der Waals surface area contributed by atoms with Crippen molar-refractivity contribution in [3.63, 3.8) is 0 Å². The maximum absolute atomic E-state index is 12.7. The van der Waals surface area contributed by atoms with Gasteiger partial charge in [-0.2, -0.15) is 0 Å². The molecular weight excluding hydrogens is 500 g/mol. The molecule has 0 saturated carbocycles. The second-order valence-electron chi connectivity index (χ2n) is 10.4. The fraction of sp³-hybridized carbons (Fsp3) is 0.355. The summed E-state index contributed by atoms with van der Waals surface area (Å²) >= 11 is 0. The number of nitrogens with one attached hydrogen (secondary N) is 4. The molecule has 1 fully saturated rings. The summed E-state index contributed by atoms with van der Waals surface area (Å²) < 4.78 is 0. The topological polar surface area (TPSA) is 136 Å². The average molecular weight is 539 g/mol. The van der Waals surface area contributed by atoms with E-state index in [1.54, 1.807) is 12.4 Å². The van der Waals surface area contributed by atoms with Crippen molar-refractivity contribution in [2.75, 3.05) is 38.0 Å². The Hall–Kier alpha value is -4.24. The van der Waals surface area contributed by atoms with E-state index in [0.29, 0.717) is 30.0 Å². The van der Waals surface area contributed by atoms with Crippen molar-refractivity contribution in [2.24, 2.45) is 5.73 Å². The fourth-order valence-corrected chi connectivity index (χ4v) is 5.21. The number of likely N-dealkylation sites (tertiary alicyclic amines) is 1. The lowest BCUT2D eigenvalue weighted by atomic mass is 10.1. The quantitative estimate of drug-likeness (QED) is 0.0962. The largest absolute Gasteiger partial charge is 0.384 e. The first-order valence-electron chi connectivity index (χ1n) is 14.2. The number of nitrogens with zero attached hydrogens (tertiary/aromatic N) is 3. The highest BCUT2D eigenvalue weighted by Crippen LogP contribution is 2.21. The third-order valence-electron chi connectivity index (χ3n) is 7.47. The minimum atomic E-state index is -0.117. The summed E-state index contributed by atoms with van der Waals surface area (Å²) in [4.78, 5) is 27.4. The molecule has 3 heterocycles. The minimum Gasteiger partial charge on any atom is -0.384 e. The van der Waals surface area contributed by atoms with Gasteiger partial charge >= 0.3 is 0 Å². The van der Waals surface area contributed by atoms with Gasteiger partial charge in [0.15, 0.2) is 0 Å². The maximum Gasteiger partial charge on any atom is 0.251 e. The minimum absolute atomic E-state index is 0.0354. The van der Waals surface area contributed by atoms with Gasteiger partial charge < -0.3 is 26.3 Å². The lowest BCUT2D eigenvalue weighted by Gasteiger charge is -2.13. The second kappa shape index (κ2) is 13.2. The van der Waals surface area contributed by atoms with Crippen molar-refractivity contribution in [3.8, 4) is 11.3 Å². The second-order valence-corrected chi connectivity index (χ2v) is 10.4. The van der Waals surface area contributed by atoms with Gasteiger partial charge in [-0.15, -0.1) is 0 Å². The maximum atomic E-state index is 12.7.